The Bertz CT molecular complexity index is 1680. The van der Waals surface area contributed by atoms with Crippen molar-refractivity contribution in [3.05, 3.63) is 99.5 Å². The first-order valence-electron chi connectivity index (χ1n) is 12.5. The number of benzene rings is 4. The second kappa shape index (κ2) is 11.2. The molecule has 0 aromatic heterocycles. The fourth-order valence-corrected chi connectivity index (χ4v) is 5.09. The van der Waals surface area contributed by atoms with Crippen LogP contribution in [0.4, 0.5) is 10.5 Å². The average molecular weight is 601 g/mol. The van der Waals surface area contributed by atoms with Crippen molar-refractivity contribution < 1.29 is 29.0 Å². The van der Waals surface area contributed by atoms with Gasteiger partial charge in [0.25, 0.3) is 11.8 Å². The van der Waals surface area contributed by atoms with Crippen molar-refractivity contribution in [3.8, 4) is 17.2 Å². The Balaban J connectivity index is 1.47. The van der Waals surface area contributed by atoms with Crippen molar-refractivity contribution in [1.82, 2.24) is 5.32 Å². The molecule has 0 aliphatic carbocycles. The fraction of sp³-hybridized carbons (Fsp3) is 0.129. The Kier molecular flexibility index (Phi) is 7.57. The second-order valence-electron chi connectivity index (χ2n) is 9.11. The van der Waals surface area contributed by atoms with E-state index in [2.05, 4.69) is 45.5 Å². The van der Waals surface area contributed by atoms with Gasteiger partial charge in [0.15, 0.2) is 11.5 Å². The Hall–Kier alpha value is -4.63. The predicted octanol–water partition coefficient (Wildman–Crippen LogP) is 6.26. The molecule has 2 N–H and O–H groups in total. The number of aryl methyl sites for hydroxylation is 1. The molecule has 1 saturated heterocycles. The van der Waals surface area contributed by atoms with Crippen LogP contribution in [0.3, 0.4) is 0 Å². The molecule has 5 rings (SSSR count). The van der Waals surface area contributed by atoms with Gasteiger partial charge in [0.2, 0.25) is 0 Å². The summed E-state index contributed by atoms with van der Waals surface area (Å²) in [6, 6.07) is 20.3. The fourth-order valence-electron chi connectivity index (χ4n) is 4.52. The van der Waals surface area contributed by atoms with E-state index >= 15 is 0 Å². The van der Waals surface area contributed by atoms with Crippen molar-refractivity contribution in [1.29, 1.82) is 0 Å². The SMILES string of the molecule is CCOc1cc(/C=C2\C(=O)NC(=O)N(c3ccc(O)cc3)C2=O)cc(Br)c1OCc1c(C)ccc2ccccc12. The molecule has 1 aliphatic rings. The lowest BCUT2D eigenvalue weighted by molar-refractivity contribution is -0.122. The molecule has 4 amide bonds. The van der Waals surface area contributed by atoms with Crippen LogP contribution in [0.15, 0.2) is 82.8 Å². The number of amides is 4. The summed E-state index contributed by atoms with van der Waals surface area (Å²) in [6.07, 6.45) is 1.39. The molecule has 8 nitrogen and oxygen atoms in total. The molecule has 40 heavy (non-hydrogen) atoms. The number of fused-ring (bicyclic) bond motifs is 1. The first kappa shape index (κ1) is 27.0. The van der Waals surface area contributed by atoms with E-state index in [-0.39, 0.29) is 17.0 Å². The van der Waals surface area contributed by atoms with Gasteiger partial charge in [-0.05, 0) is 94.2 Å². The number of anilines is 1. The number of hydrogen-bond donors (Lipinski definition) is 2. The van der Waals surface area contributed by atoms with Gasteiger partial charge >= 0.3 is 6.03 Å². The summed E-state index contributed by atoms with van der Waals surface area (Å²) in [5.74, 6) is -0.716. The van der Waals surface area contributed by atoms with Crippen LogP contribution in [0.25, 0.3) is 16.8 Å². The van der Waals surface area contributed by atoms with E-state index in [0.29, 0.717) is 34.7 Å². The van der Waals surface area contributed by atoms with Crippen LogP contribution in [-0.4, -0.2) is 29.6 Å². The molecule has 4 aromatic rings. The number of ether oxygens (including phenoxy) is 2. The van der Waals surface area contributed by atoms with Crippen LogP contribution >= 0.6 is 15.9 Å². The molecular formula is C31H25BrN2O6. The number of nitrogens with one attached hydrogen (secondary N) is 1. The molecule has 0 spiro atoms. The Morgan fingerprint density at radius 3 is 2.48 bits per heavy atom. The summed E-state index contributed by atoms with van der Waals surface area (Å²) in [6.45, 7) is 4.55. The molecule has 1 heterocycles. The number of aromatic hydroxyl groups is 1. The van der Waals surface area contributed by atoms with Gasteiger partial charge in [-0.25, -0.2) is 9.69 Å². The number of nitrogens with zero attached hydrogens (tertiary/aromatic N) is 1. The number of phenolic OH excluding ortho intramolecular Hbond substituents is 1. The van der Waals surface area contributed by atoms with Crippen LogP contribution in [0.1, 0.15) is 23.6 Å². The van der Waals surface area contributed by atoms with Crippen LogP contribution in [0.5, 0.6) is 17.2 Å². The molecule has 0 radical (unpaired) electrons. The molecule has 4 aromatic carbocycles. The van der Waals surface area contributed by atoms with Crippen molar-refractivity contribution in [2.45, 2.75) is 20.5 Å². The van der Waals surface area contributed by atoms with Gasteiger partial charge in [-0.2, -0.15) is 0 Å². The second-order valence-corrected chi connectivity index (χ2v) is 9.96. The van der Waals surface area contributed by atoms with Crippen molar-refractivity contribution in [2.75, 3.05) is 11.5 Å². The zero-order chi connectivity index (χ0) is 28.4. The minimum Gasteiger partial charge on any atom is -0.508 e. The van der Waals surface area contributed by atoms with Crippen molar-refractivity contribution >= 4 is 56.3 Å². The van der Waals surface area contributed by atoms with Crippen LogP contribution in [0.2, 0.25) is 0 Å². The van der Waals surface area contributed by atoms with Gasteiger partial charge in [-0.15, -0.1) is 0 Å². The maximum absolute atomic E-state index is 13.2. The van der Waals surface area contributed by atoms with Crippen LogP contribution in [-0.2, 0) is 16.2 Å². The lowest BCUT2D eigenvalue weighted by atomic mass is 10.0. The summed E-state index contributed by atoms with van der Waals surface area (Å²) < 4.78 is 12.7. The number of carbonyl (C=O) groups is 3. The number of rotatable bonds is 7. The monoisotopic (exact) mass is 600 g/mol. The molecule has 1 fully saturated rings. The number of carbonyl (C=O) groups excluding carboxylic acids is 3. The lowest BCUT2D eigenvalue weighted by Crippen LogP contribution is -2.54. The highest BCUT2D eigenvalue weighted by Gasteiger charge is 2.37. The van der Waals surface area contributed by atoms with Gasteiger partial charge < -0.3 is 14.6 Å². The Morgan fingerprint density at radius 1 is 0.975 bits per heavy atom. The van der Waals surface area contributed by atoms with Crippen molar-refractivity contribution in [2.24, 2.45) is 0 Å². The zero-order valence-corrected chi connectivity index (χ0v) is 23.3. The van der Waals surface area contributed by atoms with Crippen LogP contribution in [0, 0.1) is 6.92 Å². The third kappa shape index (κ3) is 5.28. The largest absolute Gasteiger partial charge is 0.508 e. The van der Waals surface area contributed by atoms with E-state index in [0.717, 1.165) is 26.8 Å². The number of halogens is 1. The van der Waals surface area contributed by atoms with E-state index in [4.69, 9.17) is 9.47 Å². The molecule has 0 unspecified atom stereocenters. The Labute approximate surface area is 238 Å². The third-order valence-electron chi connectivity index (χ3n) is 6.49. The quantitative estimate of drug-likeness (QED) is 0.191. The molecule has 0 saturated carbocycles. The first-order valence-corrected chi connectivity index (χ1v) is 13.3. The number of phenols is 1. The van der Waals surface area contributed by atoms with Gasteiger partial charge in [0.05, 0.1) is 16.8 Å². The average Bonchev–Trinajstić information content (AvgIpc) is 2.92. The number of imide groups is 2. The Morgan fingerprint density at radius 2 is 1.73 bits per heavy atom. The maximum Gasteiger partial charge on any atom is 0.335 e. The van der Waals surface area contributed by atoms with E-state index in [9.17, 15) is 19.5 Å². The van der Waals surface area contributed by atoms with E-state index in [1.807, 2.05) is 26.0 Å². The topological polar surface area (TPSA) is 105 Å². The molecule has 0 atom stereocenters. The lowest BCUT2D eigenvalue weighted by Gasteiger charge is -2.26. The molecule has 0 bridgehead atoms. The molecular weight excluding hydrogens is 576 g/mol. The predicted molar refractivity (Wildman–Crippen MR) is 155 cm³/mol. The highest BCUT2D eigenvalue weighted by molar-refractivity contribution is 9.10. The number of urea groups is 1. The third-order valence-corrected chi connectivity index (χ3v) is 7.08. The van der Waals surface area contributed by atoms with Gasteiger partial charge in [0, 0.05) is 5.56 Å². The van der Waals surface area contributed by atoms with Gasteiger partial charge in [-0.3, -0.25) is 14.9 Å². The standard InChI is InChI=1S/C31H25BrN2O6/c1-3-39-27-16-19(14-24-29(36)33-31(38)34(30(24)37)21-10-12-22(35)13-11-21)15-26(32)28(27)40-17-25-18(2)8-9-20-6-4-5-7-23(20)25/h4-16,35H,3,17H2,1-2H3,(H,33,36,38)/b24-14+. The summed E-state index contributed by atoms with van der Waals surface area (Å²) in [7, 11) is 0. The minimum atomic E-state index is -0.874. The minimum absolute atomic E-state index is 0.0216. The highest BCUT2D eigenvalue weighted by atomic mass is 79.9. The normalized spacial score (nSPS) is 14.5. The smallest absolute Gasteiger partial charge is 0.335 e. The van der Waals surface area contributed by atoms with E-state index in [1.54, 1.807) is 12.1 Å². The number of hydrogen-bond acceptors (Lipinski definition) is 6. The van der Waals surface area contributed by atoms with Gasteiger partial charge in [-0.1, -0.05) is 36.4 Å². The number of barbiturate groups is 1. The summed E-state index contributed by atoms with van der Waals surface area (Å²) in [5.41, 5.74) is 2.62. The van der Waals surface area contributed by atoms with Crippen molar-refractivity contribution in [3.63, 3.8) is 0 Å². The first-order chi connectivity index (χ1) is 19.3. The zero-order valence-electron chi connectivity index (χ0n) is 21.7. The summed E-state index contributed by atoms with van der Waals surface area (Å²) in [5, 5.41) is 14.0. The summed E-state index contributed by atoms with van der Waals surface area (Å²) >= 11 is 3.56. The highest BCUT2D eigenvalue weighted by Crippen LogP contribution is 2.39. The summed E-state index contributed by atoms with van der Waals surface area (Å²) in [4.78, 5) is 39.2. The molecule has 202 valence electrons. The molecule has 1 aliphatic heterocycles. The van der Waals surface area contributed by atoms with E-state index in [1.165, 1.54) is 30.3 Å². The van der Waals surface area contributed by atoms with Crippen LogP contribution < -0.4 is 19.7 Å². The van der Waals surface area contributed by atoms with Gasteiger partial charge in [0.1, 0.15) is 17.9 Å². The molecule has 9 heteroatoms. The maximum atomic E-state index is 13.2. The van der Waals surface area contributed by atoms with E-state index < -0.39 is 17.8 Å².